The van der Waals surface area contributed by atoms with Gasteiger partial charge in [-0.05, 0) is 67.3 Å². The highest BCUT2D eigenvalue weighted by molar-refractivity contribution is 7.89. The number of likely N-dealkylation sites (tertiary alicyclic amines) is 1. The first-order valence-electron chi connectivity index (χ1n) is 13.2. The Morgan fingerprint density at radius 1 is 1.07 bits per heavy atom. The van der Waals surface area contributed by atoms with Crippen molar-refractivity contribution in [3.63, 3.8) is 0 Å². The summed E-state index contributed by atoms with van der Waals surface area (Å²) in [7, 11) is -4.29. The molecule has 1 fully saturated rings. The number of nitrogens with zero attached hydrogens (tertiary/aromatic N) is 3. The van der Waals surface area contributed by atoms with Crippen molar-refractivity contribution in [1.82, 2.24) is 14.1 Å². The fraction of sp³-hybridized carbons (Fsp3) is 0.345. The Hall–Kier alpha value is -3.47. The largest absolute Gasteiger partial charge is 0.369 e. The van der Waals surface area contributed by atoms with E-state index < -0.39 is 40.5 Å². The molecule has 1 aliphatic rings. The van der Waals surface area contributed by atoms with Gasteiger partial charge in [0.2, 0.25) is 27.7 Å². The van der Waals surface area contributed by atoms with Crippen LogP contribution in [0.3, 0.4) is 0 Å². The number of hydrogen-bond acceptors (Lipinski definition) is 5. The molecule has 1 heterocycles. The number of carbonyl (C=O) groups excluding carboxylic acids is 3. The van der Waals surface area contributed by atoms with Crippen molar-refractivity contribution in [2.75, 3.05) is 26.2 Å². The van der Waals surface area contributed by atoms with Crippen LogP contribution in [0.4, 0.5) is 0 Å². The third-order valence-electron chi connectivity index (χ3n) is 7.28. The van der Waals surface area contributed by atoms with E-state index in [2.05, 4.69) is 0 Å². The van der Waals surface area contributed by atoms with Crippen molar-refractivity contribution < 1.29 is 22.8 Å². The monoisotopic (exact) mass is 584 g/mol. The maximum Gasteiger partial charge on any atom is 0.245 e. The molecule has 0 aliphatic carbocycles. The normalized spacial score (nSPS) is 16.4. The number of nitrogens with two attached hydrogens (primary N) is 1. The lowest BCUT2D eigenvalue weighted by molar-refractivity contribution is -0.144. The summed E-state index contributed by atoms with van der Waals surface area (Å²) < 4.78 is 28.3. The first kappa shape index (κ1) is 29.5. The Kier molecular flexibility index (Phi) is 9.12. The molecule has 1 saturated heterocycles. The minimum Gasteiger partial charge on any atom is -0.369 e. The van der Waals surface area contributed by atoms with Gasteiger partial charge in [-0.25, -0.2) is 8.42 Å². The van der Waals surface area contributed by atoms with Gasteiger partial charge in [0, 0.05) is 24.7 Å². The van der Waals surface area contributed by atoms with Gasteiger partial charge in [0.15, 0.2) is 0 Å². The second-order valence-electron chi connectivity index (χ2n) is 9.84. The number of rotatable bonds is 11. The number of halogens is 1. The summed E-state index contributed by atoms with van der Waals surface area (Å²) in [6.07, 6.45) is 0.800. The average molecular weight is 585 g/mol. The van der Waals surface area contributed by atoms with E-state index in [4.69, 9.17) is 17.3 Å². The lowest BCUT2D eigenvalue weighted by Gasteiger charge is -2.31. The highest BCUT2D eigenvalue weighted by atomic mass is 35.5. The predicted molar refractivity (Wildman–Crippen MR) is 154 cm³/mol. The van der Waals surface area contributed by atoms with E-state index in [0.717, 1.165) is 15.3 Å². The van der Waals surface area contributed by atoms with Gasteiger partial charge in [-0.3, -0.25) is 14.4 Å². The van der Waals surface area contributed by atoms with E-state index in [1.807, 2.05) is 37.3 Å². The van der Waals surface area contributed by atoms with Gasteiger partial charge in [-0.1, -0.05) is 54.1 Å². The number of benzene rings is 3. The number of likely N-dealkylation sites (N-methyl/N-ethyl adjacent to an activating group) is 1. The lowest BCUT2D eigenvalue weighted by Crippen LogP contribution is -2.52. The smallest absolute Gasteiger partial charge is 0.245 e. The molecule has 212 valence electrons. The Labute approximate surface area is 239 Å². The van der Waals surface area contributed by atoms with Crippen LogP contribution in [0.1, 0.15) is 25.8 Å². The zero-order chi connectivity index (χ0) is 29.0. The SMILES string of the molecule is CCN(CCc1ccccc1)C(=O)[C@H](C)N1CC[C@H](N(CC(N)=O)S(=O)(=O)c2ccc3cc(Cl)ccc3c2)C1=O. The molecule has 4 rings (SSSR count). The molecule has 11 heteroatoms. The molecular weight excluding hydrogens is 552 g/mol. The van der Waals surface area contributed by atoms with Crippen LogP contribution in [-0.4, -0.2) is 78.5 Å². The van der Waals surface area contributed by atoms with Gasteiger partial charge < -0.3 is 15.5 Å². The van der Waals surface area contributed by atoms with Crippen LogP contribution in [0, 0.1) is 0 Å². The van der Waals surface area contributed by atoms with Crippen molar-refractivity contribution in [3.8, 4) is 0 Å². The van der Waals surface area contributed by atoms with E-state index in [1.54, 1.807) is 36.1 Å². The molecule has 0 radical (unpaired) electrons. The van der Waals surface area contributed by atoms with Crippen LogP contribution in [0.25, 0.3) is 10.8 Å². The summed E-state index contributed by atoms with van der Waals surface area (Å²) in [5.41, 5.74) is 6.52. The maximum atomic E-state index is 13.7. The highest BCUT2D eigenvalue weighted by Gasteiger charge is 2.45. The first-order valence-corrected chi connectivity index (χ1v) is 15.0. The molecule has 0 unspecified atom stereocenters. The van der Waals surface area contributed by atoms with Crippen molar-refractivity contribution in [2.24, 2.45) is 5.73 Å². The molecule has 40 heavy (non-hydrogen) atoms. The second kappa shape index (κ2) is 12.4. The minimum absolute atomic E-state index is 0.0722. The van der Waals surface area contributed by atoms with Gasteiger partial charge in [-0.15, -0.1) is 0 Å². The molecule has 1 aliphatic heterocycles. The maximum absolute atomic E-state index is 13.7. The lowest BCUT2D eigenvalue weighted by atomic mass is 10.1. The third kappa shape index (κ3) is 6.29. The van der Waals surface area contributed by atoms with Crippen LogP contribution in [0.5, 0.6) is 0 Å². The molecule has 3 aromatic carbocycles. The molecule has 0 saturated carbocycles. The number of sulfonamides is 1. The molecule has 0 spiro atoms. The highest BCUT2D eigenvalue weighted by Crippen LogP contribution is 2.29. The summed E-state index contributed by atoms with van der Waals surface area (Å²) in [5, 5.41) is 1.90. The Bertz CT molecular complexity index is 1520. The first-order chi connectivity index (χ1) is 19.0. The van der Waals surface area contributed by atoms with Crippen LogP contribution in [0.2, 0.25) is 5.02 Å². The summed E-state index contributed by atoms with van der Waals surface area (Å²) in [6.45, 7) is 4.00. The van der Waals surface area contributed by atoms with Gasteiger partial charge in [0.05, 0.1) is 11.4 Å². The summed E-state index contributed by atoms with van der Waals surface area (Å²) in [5.74, 6) is -1.63. The topological polar surface area (TPSA) is 121 Å². The summed E-state index contributed by atoms with van der Waals surface area (Å²) >= 11 is 6.05. The van der Waals surface area contributed by atoms with E-state index >= 15 is 0 Å². The molecule has 9 nitrogen and oxygen atoms in total. The Morgan fingerprint density at radius 2 is 1.75 bits per heavy atom. The molecule has 3 amide bonds. The molecule has 2 atom stereocenters. The van der Waals surface area contributed by atoms with E-state index in [1.165, 1.54) is 17.0 Å². The Balaban J connectivity index is 1.54. The third-order valence-corrected chi connectivity index (χ3v) is 9.37. The van der Waals surface area contributed by atoms with Crippen molar-refractivity contribution in [3.05, 3.63) is 77.3 Å². The number of hydrogen-bond donors (Lipinski definition) is 1. The molecule has 3 aromatic rings. The number of carbonyl (C=O) groups is 3. The number of fused-ring (bicyclic) bond motifs is 1. The second-order valence-corrected chi connectivity index (χ2v) is 12.2. The van der Waals surface area contributed by atoms with Gasteiger partial charge >= 0.3 is 0 Å². The standard InChI is InChI=1S/C29H33ClN4O5S/c1-3-32(15-13-21-7-5-4-6-8-21)28(36)20(2)33-16-14-26(29(33)37)34(19-27(31)35)40(38,39)25-12-10-22-17-24(30)11-9-23(22)18-25/h4-12,17-18,20,26H,3,13-16,19H2,1-2H3,(H2,31,35)/t20-,26-/m0/s1. The summed E-state index contributed by atoms with van der Waals surface area (Å²) in [4.78, 5) is 41.9. The van der Waals surface area contributed by atoms with Crippen LogP contribution < -0.4 is 5.73 Å². The molecule has 0 aromatic heterocycles. The fourth-order valence-corrected chi connectivity index (χ4v) is 6.87. The summed E-state index contributed by atoms with van der Waals surface area (Å²) in [6, 6.07) is 17.4. The van der Waals surface area contributed by atoms with Gasteiger partial charge in [0.25, 0.3) is 0 Å². The van der Waals surface area contributed by atoms with Crippen molar-refractivity contribution in [2.45, 2.75) is 43.7 Å². The molecule has 2 N–H and O–H groups in total. The van der Waals surface area contributed by atoms with Gasteiger partial charge in [0.1, 0.15) is 12.1 Å². The van der Waals surface area contributed by atoms with E-state index in [-0.39, 0.29) is 23.8 Å². The Morgan fingerprint density at radius 3 is 2.42 bits per heavy atom. The van der Waals surface area contributed by atoms with Crippen molar-refractivity contribution in [1.29, 1.82) is 0 Å². The molecule has 0 bridgehead atoms. The number of amides is 3. The van der Waals surface area contributed by atoms with E-state index in [9.17, 15) is 22.8 Å². The quantitative estimate of drug-likeness (QED) is 0.371. The average Bonchev–Trinajstić information content (AvgIpc) is 3.32. The zero-order valence-electron chi connectivity index (χ0n) is 22.5. The van der Waals surface area contributed by atoms with Crippen LogP contribution in [0.15, 0.2) is 71.6 Å². The minimum atomic E-state index is -4.29. The van der Waals surface area contributed by atoms with Crippen LogP contribution >= 0.6 is 11.6 Å². The van der Waals surface area contributed by atoms with E-state index in [0.29, 0.717) is 29.9 Å². The fourth-order valence-electron chi connectivity index (χ4n) is 5.08. The zero-order valence-corrected chi connectivity index (χ0v) is 24.1. The van der Waals surface area contributed by atoms with Crippen LogP contribution in [-0.2, 0) is 30.8 Å². The number of primary amides is 1. The van der Waals surface area contributed by atoms with Crippen molar-refractivity contribution >= 4 is 50.1 Å². The van der Waals surface area contributed by atoms with Gasteiger partial charge in [-0.2, -0.15) is 4.31 Å². The predicted octanol–water partition coefficient (Wildman–Crippen LogP) is 3.05. The molecular formula is C29H33ClN4O5S.